The Morgan fingerprint density at radius 3 is 2.44 bits per heavy atom. The molecule has 98 valence electrons. The van der Waals surface area contributed by atoms with E-state index in [1.807, 2.05) is 29.2 Å². The molecule has 1 aromatic rings. The van der Waals surface area contributed by atoms with E-state index < -0.39 is 0 Å². The minimum Gasteiger partial charge on any atom is -0.396 e. The molecule has 1 fully saturated rings. The molecule has 0 aliphatic carbocycles. The van der Waals surface area contributed by atoms with Gasteiger partial charge in [0.15, 0.2) is 0 Å². The minimum atomic E-state index is 0.161. The molecule has 1 heterocycles. The number of amides is 1. The number of carbonyl (C=O) groups is 1. The van der Waals surface area contributed by atoms with Gasteiger partial charge in [-0.3, -0.25) is 4.79 Å². The van der Waals surface area contributed by atoms with E-state index in [2.05, 4.69) is 0 Å². The van der Waals surface area contributed by atoms with E-state index in [4.69, 9.17) is 16.7 Å². The normalized spacial score (nSPS) is 16.9. The molecule has 18 heavy (non-hydrogen) atoms. The first kappa shape index (κ1) is 13.4. The van der Waals surface area contributed by atoms with Crippen molar-refractivity contribution in [1.82, 2.24) is 4.90 Å². The van der Waals surface area contributed by atoms with Crippen LogP contribution in [0.25, 0.3) is 0 Å². The highest BCUT2D eigenvalue weighted by Crippen LogP contribution is 2.17. The molecule has 0 spiro atoms. The Labute approximate surface area is 112 Å². The van der Waals surface area contributed by atoms with E-state index in [9.17, 15) is 4.79 Å². The Balaban J connectivity index is 1.87. The summed E-state index contributed by atoms with van der Waals surface area (Å²) >= 11 is 5.81. The van der Waals surface area contributed by atoms with Crippen LogP contribution < -0.4 is 0 Å². The topological polar surface area (TPSA) is 40.5 Å². The van der Waals surface area contributed by atoms with Gasteiger partial charge in [0.1, 0.15) is 0 Å². The Morgan fingerprint density at radius 2 is 1.89 bits per heavy atom. The molecule has 0 atom stereocenters. The number of benzene rings is 1. The third kappa shape index (κ3) is 3.47. The highest BCUT2D eigenvalue weighted by molar-refractivity contribution is 6.30. The number of nitrogens with zero attached hydrogens (tertiary/aromatic N) is 1. The minimum absolute atomic E-state index is 0.161. The van der Waals surface area contributed by atoms with Gasteiger partial charge in [-0.15, -0.1) is 0 Å². The van der Waals surface area contributed by atoms with Crippen molar-refractivity contribution in [3.05, 3.63) is 34.9 Å². The van der Waals surface area contributed by atoms with Crippen LogP contribution in [0.3, 0.4) is 0 Å². The average molecular weight is 268 g/mol. The smallest absolute Gasteiger partial charge is 0.226 e. The lowest BCUT2D eigenvalue weighted by atomic mass is 9.97. The lowest BCUT2D eigenvalue weighted by Gasteiger charge is -2.31. The summed E-state index contributed by atoms with van der Waals surface area (Å²) in [6.45, 7) is 1.76. The fraction of sp³-hybridized carbons (Fsp3) is 0.500. The quantitative estimate of drug-likeness (QED) is 0.911. The van der Waals surface area contributed by atoms with Gasteiger partial charge >= 0.3 is 0 Å². The molecular weight excluding hydrogens is 250 g/mol. The van der Waals surface area contributed by atoms with Gasteiger partial charge < -0.3 is 10.0 Å². The first-order chi connectivity index (χ1) is 8.69. The highest BCUT2D eigenvalue weighted by Gasteiger charge is 2.22. The molecule has 3 nitrogen and oxygen atoms in total. The molecule has 0 radical (unpaired) electrons. The molecule has 1 aliphatic heterocycles. The van der Waals surface area contributed by atoms with Gasteiger partial charge in [0.2, 0.25) is 5.91 Å². The number of carbonyl (C=O) groups excluding carboxylic acids is 1. The lowest BCUT2D eigenvalue weighted by Crippen LogP contribution is -2.40. The number of aliphatic hydroxyl groups excluding tert-OH is 1. The maximum absolute atomic E-state index is 12.1. The van der Waals surface area contributed by atoms with Crippen LogP contribution >= 0.6 is 11.6 Å². The van der Waals surface area contributed by atoms with Crippen LogP contribution in [-0.2, 0) is 11.2 Å². The fourth-order valence-electron chi connectivity index (χ4n) is 2.25. The molecule has 1 saturated heterocycles. The molecule has 4 heteroatoms. The van der Waals surface area contributed by atoms with Crippen LogP contribution in [0.2, 0.25) is 5.02 Å². The van der Waals surface area contributed by atoms with Crippen molar-refractivity contribution in [3.63, 3.8) is 0 Å². The maximum Gasteiger partial charge on any atom is 0.226 e. The summed E-state index contributed by atoms with van der Waals surface area (Å²) in [4.78, 5) is 14.0. The zero-order valence-corrected chi connectivity index (χ0v) is 11.1. The zero-order chi connectivity index (χ0) is 13.0. The predicted octanol–water partition coefficient (Wildman–Crippen LogP) is 2.11. The fourth-order valence-corrected chi connectivity index (χ4v) is 2.38. The first-order valence-electron chi connectivity index (χ1n) is 6.32. The van der Waals surface area contributed by atoms with E-state index >= 15 is 0 Å². The summed E-state index contributed by atoms with van der Waals surface area (Å²) in [6.07, 6.45) is 2.24. The molecule has 1 N–H and O–H groups in total. The number of hydrogen-bond acceptors (Lipinski definition) is 2. The van der Waals surface area contributed by atoms with Crippen molar-refractivity contribution in [2.24, 2.45) is 5.92 Å². The van der Waals surface area contributed by atoms with Crippen LogP contribution in [0, 0.1) is 5.92 Å². The van der Waals surface area contributed by atoms with Crippen molar-refractivity contribution >= 4 is 17.5 Å². The van der Waals surface area contributed by atoms with Gasteiger partial charge in [0, 0.05) is 24.7 Å². The summed E-state index contributed by atoms with van der Waals surface area (Å²) in [7, 11) is 0. The second-order valence-corrected chi connectivity index (χ2v) is 5.25. The Kier molecular flexibility index (Phi) is 4.61. The standard InChI is InChI=1S/C14H18ClNO2/c15-13-3-1-11(2-4-13)9-14(18)16-7-5-12(10-17)6-8-16/h1-4,12,17H,5-10H2. The predicted molar refractivity (Wildman–Crippen MR) is 71.5 cm³/mol. The van der Waals surface area contributed by atoms with Crippen molar-refractivity contribution < 1.29 is 9.90 Å². The molecule has 0 aromatic heterocycles. The van der Waals surface area contributed by atoms with Crippen LogP contribution in [-0.4, -0.2) is 35.6 Å². The summed E-state index contributed by atoms with van der Waals surface area (Å²) in [5.41, 5.74) is 0.994. The van der Waals surface area contributed by atoms with Crippen molar-refractivity contribution in [2.45, 2.75) is 19.3 Å². The maximum atomic E-state index is 12.1. The summed E-state index contributed by atoms with van der Waals surface area (Å²) < 4.78 is 0. The van der Waals surface area contributed by atoms with Gasteiger partial charge in [-0.2, -0.15) is 0 Å². The van der Waals surface area contributed by atoms with E-state index in [1.165, 1.54) is 0 Å². The molecule has 0 unspecified atom stereocenters. The third-order valence-electron chi connectivity index (χ3n) is 3.49. The van der Waals surface area contributed by atoms with Crippen molar-refractivity contribution in [1.29, 1.82) is 0 Å². The molecule has 2 rings (SSSR count). The van der Waals surface area contributed by atoms with E-state index in [0.717, 1.165) is 31.5 Å². The van der Waals surface area contributed by atoms with Gasteiger partial charge in [0.05, 0.1) is 6.42 Å². The molecular formula is C14H18ClNO2. The largest absolute Gasteiger partial charge is 0.396 e. The molecule has 1 amide bonds. The van der Waals surface area contributed by atoms with Crippen LogP contribution in [0.4, 0.5) is 0 Å². The molecule has 0 bridgehead atoms. The van der Waals surface area contributed by atoms with E-state index in [0.29, 0.717) is 17.4 Å². The van der Waals surface area contributed by atoms with Gasteiger partial charge in [-0.1, -0.05) is 23.7 Å². The number of hydrogen-bond donors (Lipinski definition) is 1. The highest BCUT2D eigenvalue weighted by atomic mass is 35.5. The van der Waals surface area contributed by atoms with Gasteiger partial charge in [-0.05, 0) is 36.5 Å². The zero-order valence-electron chi connectivity index (χ0n) is 10.3. The number of likely N-dealkylation sites (tertiary alicyclic amines) is 1. The first-order valence-corrected chi connectivity index (χ1v) is 6.70. The lowest BCUT2D eigenvalue weighted by molar-refractivity contribution is -0.132. The monoisotopic (exact) mass is 267 g/mol. The van der Waals surface area contributed by atoms with Crippen LogP contribution in [0.1, 0.15) is 18.4 Å². The molecule has 1 aliphatic rings. The average Bonchev–Trinajstić information content (AvgIpc) is 2.41. The Morgan fingerprint density at radius 1 is 1.28 bits per heavy atom. The van der Waals surface area contributed by atoms with Gasteiger partial charge in [-0.25, -0.2) is 0 Å². The number of rotatable bonds is 3. The molecule has 1 aromatic carbocycles. The Bertz CT molecular complexity index is 397. The van der Waals surface area contributed by atoms with Crippen LogP contribution in [0.5, 0.6) is 0 Å². The number of aliphatic hydroxyl groups is 1. The van der Waals surface area contributed by atoms with Crippen molar-refractivity contribution in [2.75, 3.05) is 19.7 Å². The molecule has 0 saturated carbocycles. The number of piperidine rings is 1. The van der Waals surface area contributed by atoms with E-state index in [-0.39, 0.29) is 12.5 Å². The Hall–Kier alpha value is -1.06. The summed E-state index contributed by atoms with van der Waals surface area (Å²) in [5.74, 6) is 0.526. The van der Waals surface area contributed by atoms with E-state index in [1.54, 1.807) is 0 Å². The second-order valence-electron chi connectivity index (χ2n) is 4.81. The SMILES string of the molecule is O=C(Cc1ccc(Cl)cc1)N1CCC(CO)CC1. The summed E-state index contributed by atoms with van der Waals surface area (Å²) in [5, 5.41) is 9.75. The van der Waals surface area contributed by atoms with Crippen molar-refractivity contribution in [3.8, 4) is 0 Å². The van der Waals surface area contributed by atoms with Gasteiger partial charge in [0.25, 0.3) is 0 Å². The number of halogens is 1. The third-order valence-corrected chi connectivity index (χ3v) is 3.75. The second kappa shape index (κ2) is 6.21. The summed E-state index contributed by atoms with van der Waals surface area (Å²) in [6, 6.07) is 7.39. The van der Waals surface area contributed by atoms with Crippen LogP contribution in [0.15, 0.2) is 24.3 Å².